The molecule has 0 radical (unpaired) electrons. The van der Waals surface area contributed by atoms with Crippen molar-refractivity contribution in [2.45, 2.75) is 13.3 Å². The summed E-state index contributed by atoms with van der Waals surface area (Å²) in [6.07, 6.45) is 0.678. The summed E-state index contributed by atoms with van der Waals surface area (Å²) < 4.78 is 5.33. The number of methoxy groups -OCH3 is 1. The Bertz CT molecular complexity index is 610. The van der Waals surface area contributed by atoms with E-state index >= 15 is 0 Å². The van der Waals surface area contributed by atoms with Gasteiger partial charge in [-0.3, -0.25) is 4.79 Å². The van der Waals surface area contributed by atoms with E-state index in [1.165, 1.54) is 11.3 Å². The van der Waals surface area contributed by atoms with Gasteiger partial charge in [0.1, 0.15) is 10.6 Å². The fourth-order valence-corrected chi connectivity index (χ4v) is 3.15. The summed E-state index contributed by atoms with van der Waals surface area (Å²) in [4.78, 5) is 13.9. The summed E-state index contributed by atoms with van der Waals surface area (Å²) in [5.41, 5.74) is 1.07. The Morgan fingerprint density at radius 1 is 1.36 bits per heavy atom. The summed E-state index contributed by atoms with van der Waals surface area (Å²) in [7, 11) is 1.57. The van der Waals surface area contributed by atoms with E-state index in [0.29, 0.717) is 23.6 Å². The van der Waals surface area contributed by atoms with Crippen LogP contribution in [0.1, 0.15) is 23.0 Å². The van der Waals surface area contributed by atoms with Gasteiger partial charge in [-0.2, -0.15) is 0 Å². The van der Waals surface area contributed by atoms with Crippen LogP contribution >= 0.6 is 11.3 Å². The van der Waals surface area contributed by atoms with Crippen molar-refractivity contribution in [3.05, 3.63) is 41.3 Å². The predicted molar refractivity (Wildman–Crippen MR) is 89.5 cm³/mol. The third-order valence-corrected chi connectivity index (χ3v) is 4.58. The fraction of sp³-hybridized carbons (Fsp3) is 0.353. The summed E-state index contributed by atoms with van der Waals surface area (Å²) in [6, 6.07) is 11.8. The van der Waals surface area contributed by atoms with Gasteiger partial charge in [-0.15, -0.1) is 11.3 Å². The number of thiophene rings is 1. The van der Waals surface area contributed by atoms with Crippen LogP contribution < -0.4 is 10.1 Å². The number of hydrogen-bond donors (Lipinski definition) is 2. The number of hydrogen-bond acceptors (Lipinski definition) is 4. The van der Waals surface area contributed by atoms with E-state index in [4.69, 9.17) is 9.84 Å². The minimum absolute atomic E-state index is 0.131. The number of benzene rings is 1. The highest BCUT2D eigenvalue weighted by Gasteiger charge is 2.18. The van der Waals surface area contributed by atoms with E-state index in [0.717, 1.165) is 10.4 Å². The molecule has 0 aliphatic heterocycles. The molecule has 1 unspecified atom stereocenters. The molecule has 1 amide bonds. The van der Waals surface area contributed by atoms with Gasteiger partial charge >= 0.3 is 0 Å². The molecular weight excluding hydrogens is 298 g/mol. The molecule has 22 heavy (non-hydrogen) atoms. The number of rotatable bonds is 7. The van der Waals surface area contributed by atoms with Crippen molar-refractivity contribution in [2.24, 2.45) is 5.92 Å². The molecule has 2 rings (SSSR count). The Morgan fingerprint density at radius 3 is 2.73 bits per heavy atom. The van der Waals surface area contributed by atoms with Gasteiger partial charge in [0.15, 0.2) is 0 Å². The van der Waals surface area contributed by atoms with Crippen LogP contribution in [-0.4, -0.2) is 31.3 Å². The lowest BCUT2D eigenvalue weighted by Gasteiger charge is -2.10. The second-order valence-electron chi connectivity index (χ2n) is 5.20. The quantitative estimate of drug-likeness (QED) is 0.824. The highest BCUT2D eigenvalue weighted by atomic mass is 32.1. The number of aliphatic hydroxyl groups excluding tert-OH is 1. The summed E-state index contributed by atoms with van der Waals surface area (Å²) in [5.74, 6) is 0.707. The molecule has 1 heterocycles. The van der Waals surface area contributed by atoms with Crippen molar-refractivity contribution in [3.63, 3.8) is 0 Å². The number of ether oxygens (including phenoxy) is 1. The second-order valence-corrected chi connectivity index (χ2v) is 6.25. The van der Waals surface area contributed by atoms with Gasteiger partial charge in [0.2, 0.25) is 0 Å². The Morgan fingerprint density at radius 2 is 2.09 bits per heavy atom. The molecule has 0 aliphatic carbocycles. The molecule has 118 valence electrons. The lowest BCUT2D eigenvalue weighted by Crippen LogP contribution is -2.28. The van der Waals surface area contributed by atoms with Crippen LogP contribution in [-0.2, 0) is 0 Å². The van der Waals surface area contributed by atoms with Gasteiger partial charge in [-0.1, -0.05) is 37.3 Å². The molecule has 0 saturated carbocycles. The van der Waals surface area contributed by atoms with Gasteiger partial charge in [-0.05, 0) is 24.0 Å². The maximum Gasteiger partial charge on any atom is 0.265 e. The average molecular weight is 319 g/mol. The monoisotopic (exact) mass is 319 g/mol. The minimum Gasteiger partial charge on any atom is -0.495 e. The molecule has 2 aromatic rings. The molecule has 4 nitrogen and oxygen atoms in total. The van der Waals surface area contributed by atoms with E-state index in [1.807, 2.05) is 43.3 Å². The Balaban J connectivity index is 2.13. The molecule has 0 saturated heterocycles. The topological polar surface area (TPSA) is 58.6 Å². The van der Waals surface area contributed by atoms with E-state index < -0.39 is 0 Å². The fourth-order valence-electron chi connectivity index (χ4n) is 2.10. The van der Waals surface area contributed by atoms with Crippen molar-refractivity contribution >= 4 is 17.2 Å². The van der Waals surface area contributed by atoms with Crippen molar-refractivity contribution in [1.82, 2.24) is 5.32 Å². The van der Waals surface area contributed by atoms with E-state index in [9.17, 15) is 4.79 Å². The number of carbonyl (C=O) groups is 1. The van der Waals surface area contributed by atoms with Crippen LogP contribution in [0.25, 0.3) is 10.4 Å². The molecule has 5 heteroatoms. The molecule has 1 atom stereocenters. The van der Waals surface area contributed by atoms with Gasteiger partial charge in [0, 0.05) is 18.0 Å². The van der Waals surface area contributed by atoms with Crippen LogP contribution in [0.4, 0.5) is 0 Å². The molecule has 2 N–H and O–H groups in total. The maximum absolute atomic E-state index is 12.3. The first-order chi connectivity index (χ1) is 10.7. The Labute approximate surface area is 134 Å². The zero-order valence-corrected chi connectivity index (χ0v) is 13.7. The zero-order chi connectivity index (χ0) is 15.9. The van der Waals surface area contributed by atoms with Crippen molar-refractivity contribution in [1.29, 1.82) is 0 Å². The predicted octanol–water partition coefficient (Wildman–Crippen LogP) is 3.17. The third kappa shape index (κ3) is 4.08. The third-order valence-electron chi connectivity index (χ3n) is 3.42. The zero-order valence-electron chi connectivity index (χ0n) is 12.8. The molecular formula is C17H21NO3S. The average Bonchev–Trinajstić information content (AvgIpc) is 2.98. The number of carbonyl (C=O) groups excluding carboxylic acids is 1. The van der Waals surface area contributed by atoms with Gasteiger partial charge in [-0.25, -0.2) is 0 Å². The molecule has 0 bridgehead atoms. The standard InChI is InChI=1S/C17H21NO3S/c1-12(8-9-19)11-18-17(20)16-14(21-2)10-15(22-16)13-6-4-3-5-7-13/h3-7,10,12,19H,8-9,11H2,1-2H3,(H,18,20). The lowest BCUT2D eigenvalue weighted by molar-refractivity contribution is 0.0947. The summed E-state index contributed by atoms with van der Waals surface area (Å²) in [6.45, 7) is 2.68. The number of amides is 1. The first-order valence-corrected chi connectivity index (χ1v) is 8.09. The van der Waals surface area contributed by atoms with Crippen LogP contribution in [0, 0.1) is 5.92 Å². The minimum atomic E-state index is -0.131. The van der Waals surface area contributed by atoms with Crippen LogP contribution in [0.15, 0.2) is 36.4 Å². The Kier molecular flexibility index (Phi) is 5.98. The lowest BCUT2D eigenvalue weighted by atomic mass is 10.1. The largest absolute Gasteiger partial charge is 0.495 e. The normalized spacial score (nSPS) is 12.0. The van der Waals surface area contributed by atoms with Gasteiger partial charge < -0.3 is 15.2 Å². The highest BCUT2D eigenvalue weighted by Crippen LogP contribution is 2.36. The van der Waals surface area contributed by atoms with Crippen molar-refractivity contribution < 1.29 is 14.6 Å². The molecule has 1 aromatic heterocycles. The molecule has 0 spiro atoms. The van der Waals surface area contributed by atoms with E-state index in [2.05, 4.69) is 5.32 Å². The number of nitrogens with one attached hydrogen (secondary N) is 1. The smallest absolute Gasteiger partial charge is 0.265 e. The van der Waals surface area contributed by atoms with Crippen LogP contribution in [0.3, 0.4) is 0 Å². The summed E-state index contributed by atoms with van der Waals surface area (Å²) in [5, 5.41) is 11.8. The van der Waals surface area contributed by atoms with E-state index in [1.54, 1.807) is 7.11 Å². The first kappa shape index (κ1) is 16.5. The Hall–Kier alpha value is -1.85. The van der Waals surface area contributed by atoms with Gasteiger partial charge in [0.05, 0.1) is 7.11 Å². The molecule has 0 fully saturated rings. The van der Waals surface area contributed by atoms with Crippen LogP contribution in [0.2, 0.25) is 0 Å². The number of aliphatic hydroxyl groups is 1. The first-order valence-electron chi connectivity index (χ1n) is 7.28. The van der Waals surface area contributed by atoms with Crippen molar-refractivity contribution in [3.8, 4) is 16.2 Å². The van der Waals surface area contributed by atoms with E-state index in [-0.39, 0.29) is 18.4 Å². The molecule has 0 aliphatic rings. The van der Waals surface area contributed by atoms with Crippen molar-refractivity contribution in [2.75, 3.05) is 20.3 Å². The SMILES string of the molecule is COc1cc(-c2ccccc2)sc1C(=O)NCC(C)CCO. The second kappa shape index (κ2) is 7.96. The summed E-state index contributed by atoms with van der Waals surface area (Å²) >= 11 is 1.42. The molecule has 1 aromatic carbocycles. The van der Waals surface area contributed by atoms with Crippen LogP contribution in [0.5, 0.6) is 5.75 Å². The van der Waals surface area contributed by atoms with Gasteiger partial charge in [0.25, 0.3) is 5.91 Å². The highest BCUT2D eigenvalue weighted by molar-refractivity contribution is 7.17. The maximum atomic E-state index is 12.3.